The Morgan fingerprint density at radius 2 is 1.68 bits per heavy atom. The Morgan fingerprint density at radius 3 is 2.38 bits per heavy atom. The minimum Gasteiger partial charge on any atom is -0.462 e. The van der Waals surface area contributed by atoms with Gasteiger partial charge in [0.25, 0.3) is 17.7 Å². The molecule has 1 aliphatic rings. The number of nitrogens with one attached hydrogen (secondary N) is 1. The van der Waals surface area contributed by atoms with Crippen molar-refractivity contribution in [2.45, 2.75) is 34.6 Å². The van der Waals surface area contributed by atoms with Gasteiger partial charge in [-0.15, -0.1) is 11.3 Å². The van der Waals surface area contributed by atoms with Crippen LogP contribution in [0.25, 0.3) is 0 Å². The minimum atomic E-state index is -0.501. The fraction of sp³-hybridized carbons (Fsp3) is 0.231. The first-order valence-corrected chi connectivity index (χ1v) is 11.6. The van der Waals surface area contributed by atoms with Crippen LogP contribution in [0.2, 0.25) is 0 Å². The number of hydrogen-bond donors (Lipinski definition) is 1. The molecule has 7 nitrogen and oxygen atoms in total. The van der Waals surface area contributed by atoms with Crippen molar-refractivity contribution in [2.24, 2.45) is 0 Å². The molecule has 0 saturated heterocycles. The fourth-order valence-electron chi connectivity index (χ4n) is 3.90. The molecule has 0 atom stereocenters. The molecule has 0 unspecified atom stereocenters. The zero-order chi connectivity index (χ0) is 24.7. The van der Waals surface area contributed by atoms with Gasteiger partial charge in [0.2, 0.25) is 0 Å². The fourth-order valence-corrected chi connectivity index (χ4v) is 4.94. The normalized spacial score (nSPS) is 12.7. The maximum atomic E-state index is 13.2. The highest BCUT2D eigenvalue weighted by molar-refractivity contribution is 7.16. The third kappa shape index (κ3) is 3.90. The van der Waals surface area contributed by atoms with E-state index >= 15 is 0 Å². The summed E-state index contributed by atoms with van der Waals surface area (Å²) in [6.45, 7) is 9.33. The lowest BCUT2D eigenvalue weighted by Gasteiger charge is -2.17. The van der Waals surface area contributed by atoms with Crippen LogP contribution in [-0.4, -0.2) is 30.3 Å². The van der Waals surface area contributed by atoms with Crippen molar-refractivity contribution >= 4 is 45.7 Å². The molecule has 0 saturated carbocycles. The van der Waals surface area contributed by atoms with E-state index < -0.39 is 23.7 Å². The number of ether oxygens (including phenoxy) is 1. The van der Waals surface area contributed by atoms with Crippen LogP contribution in [0.15, 0.2) is 36.4 Å². The number of imide groups is 1. The predicted molar refractivity (Wildman–Crippen MR) is 131 cm³/mol. The lowest BCUT2D eigenvalue weighted by molar-refractivity contribution is 0.0527. The number of fused-ring (bicyclic) bond motifs is 1. The second kappa shape index (κ2) is 8.87. The van der Waals surface area contributed by atoms with Gasteiger partial charge in [0.1, 0.15) is 5.00 Å². The van der Waals surface area contributed by atoms with Crippen LogP contribution < -0.4 is 10.2 Å². The molecule has 2 heterocycles. The lowest BCUT2D eigenvalue weighted by Crippen LogP contribution is -2.30. The highest BCUT2D eigenvalue weighted by atomic mass is 32.1. The molecule has 0 aliphatic carbocycles. The van der Waals surface area contributed by atoms with E-state index in [2.05, 4.69) is 5.32 Å². The highest BCUT2D eigenvalue weighted by Gasteiger charge is 2.38. The number of esters is 1. The number of anilines is 2. The molecule has 1 N–H and O–H groups in total. The SMILES string of the molecule is CCOC(=O)c1c(NC(=O)c2ccc3c(c2)C(=O)N(c2cc(C)ccc2C)C3=O)sc(C)c1C. The average Bonchev–Trinajstić information content (AvgIpc) is 3.21. The van der Waals surface area contributed by atoms with E-state index in [4.69, 9.17) is 4.74 Å². The molecule has 0 spiro atoms. The Bertz CT molecular complexity index is 1370. The van der Waals surface area contributed by atoms with E-state index in [1.807, 2.05) is 32.9 Å². The van der Waals surface area contributed by atoms with Crippen LogP contribution >= 0.6 is 11.3 Å². The van der Waals surface area contributed by atoms with Crippen molar-refractivity contribution in [2.75, 3.05) is 16.8 Å². The number of aryl methyl sites for hydroxylation is 3. The Labute approximate surface area is 201 Å². The number of carbonyl (C=O) groups excluding carboxylic acids is 4. The maximum absolute atomic E-state index is 13.2. The zero-order valence-corrected chi connectivity index (χ0v) is 20.4. The number of benzene rings is 2. The second-order valence-corrected chi connectivity index (χ2v) is 9.38. The first-order valence-electron chi connectivity index (χ1n) is 10.8. The lowest BCUT2D eigenvalue weighted by atomic mass is 10.1. The standard InChI is InChI=1S/C26H24N2O5S/c1-6-33-26(32)21-15(4)16(5)34-23(21)27-22(29)17-9-10-18-19(12-17)25(31)28(24(18)30)20-11-13(2)7-8-14(20)3/h7-12H,6H2,1-5H3,(H,27,29). The molecular formula is C26H24N2O5S. The third-order valence-electron chi connectivity index (χ3n) is 5.85. The van der Waals surface area contributed by atoms with E-state index in [1.54, 1.807) is 19.9 Å². The van der Waals surface area contributed by atoms with Crippen LogP contribution in [0, 0.1) is 27.7 Å². The van der Waals surface area contributed by atoms with E-state index in [0.717, 1.165) is 26.5 Å². The molecule has 1 aromatic heterocycles. The van der Waals surface area contributed by atoms with Gasteiger partial charge in [-0.25, -0.2) is 9.69 Å². The number of carbonyl (C=O) groups is 4. The predicted octanol–water partition coefficient (Wildman–Crippen LogP) is 5.21. The smallest absolute Gasteiger partial charge is 0.341 e. The van der Waals surface area contributed by atoms with Gasteiger partial charge in [-0.2, -0.15) is 0 Å². The summed E-state index contributed by atoms with van der Waals surface area (Å²) in [6, 6.07) is 9.99. The number of nitrogens with zero attached hydrogens (tertiary/aromatic N) is 1. The van der Waals surface area contributed by atoms with Gasteiger partial charge in [-0.1, -0.05) is 12.1 Å². The van der Waals surface area contributed by atoms with Crippen molar-refractivity contribution in [1.29, 1.82) is 0 Å². The summed E-state index contributed by atoms with van der Waals surface area (Å²) in [5.41, 5.74) is 3.95. The monoisotopic (exact) mass is 476 g/mol. The second-order valence-electron chi connectivity index (χ2n) is 8.16. The van der Waals surface area contributed by atoms with Crippen LogP contribution in [0.1, 0.15) is 69.9 Å². The molecule has 1 aliphatic heterocycles. The Balaban J connectivity index is 1.65. The van der Waals surface area contributed by atoms with Gasteiger partial charge in [-0.3, -0.25) is 14.4 Å². The van der Waals surface area contributed by atoms with Crippen molar-refractivity contribution in [3.63, 3.8) is 0 Å². The summed E-state index contributed by atoms with van der Waals surface area (Å²) >= 11 is 1.28. The van der Waals surface area contributed by atoms with E-state index in [0.29, 0.717) is 16.3 Å². The molecule has 4 rings (SSSR count). The minimum absolute atomic E-state index is 0.169. The molecule has 174 valence electrons. The Hall–Kier alpha value is -3.78. The molecule has 3 amide bonds. The average molecular weight is 477 g/mol. The first-order chi connectivity index (χ1) is 16.1. The van der Waals surface area contributed by atoms with Crippen molar-refractivity contribution < 1.29 is 23.9 Å². The molecule has 34 heavy (non-hydrogen) atoms. The van der Waals surface area contributed by atoms with Gasteiger partial charge in [0, 0.05) is 10.4 Å². The summed E-state index contributed by atoms with van der Waals surface area (Å²) in [4.78, 5) is 53.7. The molecule has 3 aromatic rings. The van der Waals surface area contributed by atoms with E-state index in [-0.39, 0.29) is 23.3 Å². The van der Waals surface area contributed by atoms with Gasteiger partial charge in [0.05, 0.1) is 29.0 Å². The van der Waals surface area contributed by atoms with Gasteiger partial charge >= 0.3 is 5.97 Å². The summed E-state index contributed by atoms with van der Waals surface area (Å²) in [6.07, 6.45) is 0. The van der Waals surface area contributed by atoms with Crippen molar-refractivity contribution in [1.82, 2.24) is 0 Å². The molecule has 0 bridgehead atoms. The molecule has 0 radical (unpaired) electrons. The topological polar surface area (TPSA) is 92.8 Å². The summed E-state index contributed by atoms with van der Waals surface area (Å²) in [7, 11) is 0. The van der Waals surface area contributed by atoms with Gasteiger partial charge in [0.15, 0.2) is 0 Å². The molecule has 8 heteroatoms. The number of hydrogen-bond acceptors (Lipinski definition) is 6. The molecule has 0 fully saturated rings. The highest BCUT2D eigenvalue weighted by Crippen LogP contribution is 2.35. The summed E-state index contributed by atoms with van der Waals surface area (Å²) < 4.78 is 5.14. The Kier molecular flexibility index (Phi) is 6.10. The van der Waals surface area contributed by atoms with Crippen LogP contribution in [0.4, 0.5) is 10.7 Å². The van der Waals surface area contributed by atoms with Gasteiger partial charge < -0.3 is 10.1 Å². The quantitative estimate of drug-likeness (QED) is 0.403. The zero-order valence-electron chi connectivity index (χ0n) is 19.6. The molecule has 2 aromatic carbocycles. The first kappa shape index (κ1) is 23.4. The van der Waals surface area contributed by atoms with Crippen molar-refractivity contribution in [3.8, 4) is 0 Å². The van der Waals surface area contributed by atoms with Crippen LogP contribution in [0.5, 0.6) is 0 Å². The number of thiophene rings is 1. The van der Waals surface area contributed by atoms with Crippen molar-refractivity contribution in [3.05, 3.63) is 80.2 Å². The van der Waals surface area contributed by atoms with Crippen LogP contribution in [0.3, 0.4) is 0 Å². The van der Waals surface area contributed by atoms with Crippen LogP contribution in [-0.2, 0) is 4.74 Å². The summed E-state index contributed by atoms with van der Waals surface area (Å²) in [5.74, 6) is -1.88. The number of amides is 3. The van der Waals surface area contributed by atoms with E-state index in [9.17, 15) is 19.2 Å². The van der Waals surface area contributed by atoms with E-state index in [1.165, 1.54) is 29.5 Å². The Morgan fingerprint density at radius 1 is 0.971 bits per heavy atom. The maximum Gasteiger partial charge on any atom is 0.341 e. The largest absolute Gasteiger partial charge is 0.462 e. The van der Waals surface area contributed by atoms with Gasteiger partial charge in [-0.05, 0) is 75.6 Å². The summed E-state index contributed by atoms with van der Waals surface area (Å²) in [5, 5.41) is 3.16. The number of rotatable bonds is 5. The third-order valence-corrected chi connectivity index (χ3v) is 6.97. The molecular weight excluding hydrogens is 452 g/mol.